The molecule has 0 aliphatic heterocycles. The van der Waals surface area contributed by atoms with Crippen molar-refractivity contribution in [2.24, 2.45) is 5.92 Å². The molecule has 1 heterocycles. The van der Waals surface area contributed by atoms with Crippen LogP contribution in [0.5, 0.6) is 0 Å². The number of nitrogens with one attached hydrogen (secondary N) is 2. The Labute approximate surface area is 121 Å². The van der Waals surface area contributed by atoms with E-state index in [1.807, 2.05) is 25.1 Å². The lowest BCUT2D eigenvalue weighted by molar-refractivity contribution is 0.539. The van der Waals surface area contributed by atoms with Crippen molar-refractivity contribution in [3.05, 3.63) is 24.3 Å². The molecule has 20 heavy (non-hydrogen) atoms. The Kier molecular flexibility index (Phi) is 4.77. The maximum Gasteiger partial charge on any atom is 0.225 e. The van der Waals surface area contributed by atoms with E-state index < -0.39 is 0 Å². The molecule has 1 unspecified atom stereocenters. The molecule has 0 aliphatic carbocycles. The average Bonchev–Trinajstić information content (AvgIpc) is 2.38. The minimum atomic E-state index is 0.391. The number of fused-ring (bicyclic) bond motifs is 1. The molecule has 2 aromatic rings. The van der Waals surface area contributed by atoms with Gasteiger partial charge in [-0.15, -0.1) is 0 Å². The van der Waals surface area contributed by atoms with Crippen molar-refractivity contribution >= 4 is 22.7 Å². The third-order valence-electron chi connectivity index (χ3n) is 3.15. The van der Waals surface area contributed by atoms with Crippen LogP contribution < -0.4 is 10.6 Å². The molecule has 2 rings (SSSR count). The standard InChI is InChI=1S/C16H24N4/c1-5-17-16-19-14-9-7-6-8-13(14)15(20-16)18-12(4)10-11(2)3/h6-9,11-12H,5,10H2,1-4H3,(H2,17,18,19,20). The van der Waals surface area contributed by atoms with Gasteiger partial charge in [-0.25, -0.2) is 4.98 Å². The topological polar surface area (TPSA) is 49.8 Å². The SMILES string of the molecule is CCNc1nc(NC(C)CC(C)C)c2ccccc2n1. The molecule has 1 aromatic heterocycles. The summed E-state index contributed by atoms with van der Waals surface area (Å²) in [6.45, 7) is 9.54. The first-order valence-electron chi connectivity index (χ1n) is 7.37. The van der Waals surface area contributed by atoms with Gasteiger partial charge in [0.1, 0.15) is 5.82 Å². The summed E-state index contributed by atoms with van der Waals surface area (Å²) >= 11 is 0. The summed E-state index contributed by atoms with van der Waals surface area (Å²) in [5.74, 6) is 2.27. The lowest BCUT2D eigenvalue weighted by Crippen LogP contribution is -2.19. The zero-order valence-corrected chi connectivity index (χ0v) is 12.8. The highest BCUT2D eigenvalue weighted by Crippen LogP contribution is 2.23. The van der Waals surface area contributed by atoms with E-state index in [0.717, 1.165) is 29.7 Å². The zero-order chi connectivity index (χ0) is 14.5. The summed E-state index contributed by atoms with van der Waals surface area (Å²) in [4.78, 5) is 9.14. The second-order valence-corrected chi connectivity index (χ2v) is 5.62. The van der Waals surface area contributed by atoms with E-state index >= 15 is 0 Å². The predicted octanol–water partition coefficient (Wildman–Crippen LogP) is 3.91. The molecule has 0 saturated carbocycles. The Bertz CT molecular complexity index is 565. The number of benzene rings is 1. The van der Waals surface area contributed by atoms with Crippen molar-refractivity contribution in [1.82, 2.24) is 9.97 Å². The minimum absolute atomic E-state index is 0.391. The summed E-state index contributed by atoms with van der Waals surface area (Å²) in [6.07, 6.45) is 1.12. The Balaban J connectivity index is 2.34. The van der Waals surface area contributed by atoms with Crippen LogP contribution in [0.1, 0.15) is 34.1 Å². The van der Waals surface area contributed by atoms with E-state index in [0.29, 0.717) is 17.9 Å². The van der Waals surface area contributed by atoms with Gasteiger partial charge in [-0.3, -0.25) is 0 Å². The lowest BCUT2D eigenvalue weighted by Gasteiger charge is -2.18. The number of hydrogen-bond donors (Lipinski definition) is 2. The van der Waals surface area contributed by atoms with Crippen LogP contribution in [-0.4, -0.2) is 22.6 Å². The third kappa shape index (κ3) is 3.59. The Hall–Kier alpha value is -1.84. The Morgan fingerprint density at radius 3 is 2.55 bits per heavy atom. The van der Waals surface area contributed by atoms with Crippen LogP contribution in [0.15, 0.2) is 24.3 Å². The molecule has 1 aromatic carbocycles. The van der Waals surface area contributed by atoms with Crippen molar-refractivity contribution in [2.45, 2.75) is 40.2 Å². The summed E-state index contributed by atoms with van der Waals surface area (Å²) < 4.78 is 0. The molecule has 0 fully saturated rings. The van der Waals surface area contributed by atoms with Crippen molar-refractivity contribution in [1.29, 1.82) is 0 Å². The third-order valence-corrected chi connectivity index (χ3v) is 3.15. The molecular weight excluding hydrogens is 248 g/mol. The van der Waals surface area contributed by atoms with E-state index in [1.54, 1.807) is 0 Å². The fourth-order valence-corrected chi connectivity index (χ4v) is 2.42. The van der Waals surface area contributed by atoms with Gasteiger partial charge in [-0.1, -0.05) is 26.0 Å². The number of nitrogens with zero attached hydrogens (tertiary/aromatic N) is 2. The van der Waals surface area contributed by atoms with E-state index in [-0.39, 0.29) is 0 Å². The van der Waals surface area contributed by atoms with Crippen LogP contribution in [0.4, 0.5) is 11.8 Å². The largest absolute Gasteiger partial charge is 0.367 e. The highest BCUT2D eigenvalue weighted by atomic mass is 15.1. The highest BCUT2D eigenvalue weighted by Gasteiger charge is 2.10. The smallest absolute Gasteiger partial charge is 0.225 e. The molecule has 2 N–H and O–H groups in total. The molecule has 0 saturated heterocycles. The fraction of sp³-hybridized carbons (Fsp3) is 0.500. The van der Waals surface area contributed by atoms with Crippen LogP contribution >= 0.6 is 0 Å². The summed E-state index contributed by atoms with van der Waals surface area (Å²) in [5.41, 5.74) is 0.970. The van der Waals surface area contributed by atoms with Crippen LogP contribution in [0.25, 0.3) is 10.9 Å². The van der Waals surface area contributed by atoms with Gasteiger partial charge in [0.25, 0.3) is 0 Å². The van der Waals surface area contributed by atoms with E-state index in [1.165, 1.54) is 0 Å². The first-order chi connectivity index (χ1) is 9.60. The second-order valence-electron chi connectivity index (χ2n) is 5.62. The zero-order valence-electron chi connectivity index (χ0n) is 12.8. The van der Waals surface area contributed by atoms with Crippen molar-refractivity contribution in [3.8, 4) is 0 Å². The van der Waals surface area contributed by atoms with E-state index in [2.05, 4.69) is 47.4 Å². The summed E-state index contributed by atoms with van der Waals surface area (Å²) in [7, 11) is 0. The Morgan fingerprint density at radius 2 is 1.85 bits per heavy atom. The highest BCUT2D eigenvalue weighted by molar-refractivity contribution is 5.90. The van der Waals surface area contributed by atoms with Crippen molar-refractivity contribution in [2.75, 3.05) is 17.2 Å². The molecule has 0 amide bonds. The molecule has 108 valence electrons. The average molecular weight is 272 g/mol. The number of anilines is 2. The van der Waals surface area contributed by atoms with Crippen LogP contribution in [0, 0.1) is 5.92 Å². The van der Waals surface area contributed by atoms with Gasteiger partial charge in [0, 0.05) is 18.0 Å². The number of hydrogen-bond acceptors (Lipinski definition) is 4. The van der Waals surface area contributed by atoms with Gasteiger partial charge >= 0.3 is 0 Å². The van der Waals surface area contributed by atoms with Gasteiger partial charge in [0.15, 0.2) is 0 Å². The summed E-state index contributed by atoms with van der Waals surface area (Å²) in [6, 6.07) is 8.51. The first kappa shape index (κ1) is 14.6. The van der Waals surface area contributed by atoms with Crippen LogP contribution in [-0.2, 0) is 0 Å². The maximum absolute atomic E-state index is 4.60. The monoisotopic (exact) mass is 272 g/mol. The van der Waals surface area contributed by atoms with Gasteiger partial charge in [-0.05, 0) is 38.3 Å². The molecule has 0 aliphatic rings. The molecule has 4 heteroatoms. The van der Waals surface area contributed by atoms with Crippen molar-refractivity contribution in [3.63, 3.8) is 0 Å². The molecule has 0 bridgehead atoms. The molecule has 4 nitrogen and oxygen atoms in total. The predicted molar refractivity (Wildman–Crippen MR) is 86.2 cm³/mol. The van der Waals surface area contributed by atoms with Crippen molar-refractivity contribution < 1.29 is 0 Å². The first-order valence-corrected chi connectivity index (χ1v) is 7.37. The molecule has 0 spiro atoms. The number of rotatable bonds is 6. The van der Waals surface area contributed by atoms with Crippen LogP contribution in [0.3, 0.4) is 0 Å². The normalized spacial score (nSPS) is 12.7. The number of para-hydroxylation sites is 1. The summed E-state index contributed by atoms with van der Waals surface area (Å²) in [5, 5.41) is 7.79. The second kappa shape index (κ2) is 6.55. The van der Waals surface area contributed by atoms with E-state index in [4.69, 9.17) is 0 Å². The maximum atomic E-state index is 4.60. The molecular formula is C16H24N4. The van der Waals surface area contributed by atoms with Gasteiger partial charge in [-0.2, -0.15) is 4.98 Å². The minimum Gasteiger partial charge on any atom is -0.367 e. The fourth-order valence-electron chi connectivity index (χ4n) is 2.42. The van der Waals surface area contributed by atoms with Gasteiger partial charge < -0.3 is 10.6 Å². The van der Waals surface area contributed by atoms with Crippen LogP contribution in [0.2, 0.25) is 0 Å². The lowest BCUT2D eigenvalue weighted by atomic mass is 10.1. The quantitative estimate of drug-likeness (QED) is 0.837. The molecule has 1 atom stereocenters. The molecule has 0 radical (unpaired) electrons. The van der Waals surface area contributed by atoms with E-state index in [9.17, 15) is 0 Å². The Morgan fingerprint density at radius 1 is 1.10 bits per heavy atom. The van der Waals surface area contributed by atoms with Gasteiger partial charge in [0.2, 0.25) is 5.95 Å². The number of aromatic nitrogens is 2. The van der Waals surface area contributed by atoms with Gasteiger partial charge in [0.05, 0.1) is 5.52 Å².